The van der Waals surface area contributed by atoms with Gasteiger partial charge in [-0.2, -0.15) is 0 Å². The molecule has 88 valence electrons. The minimum atomic E-state index is 0.601. The zero-order valence-corrected chi connectivity index (χ0v) is 9.89. The van der Waals surface area contributed by atoms with Gasteiger partial charge in [-0.05, 0) is 45.3 Å². The lowest BCUT2D eigenvalue weighted by Gasteiger charge is -2.35. The standard InChI is InChI=1S/C12H20N4/c1-13-9-6-11-5-2-3-10-16(11)12-14-7-4-8-15-12/h4,7-8,11,13H,2-3,5-6,9-10H2,1H3. The van der Waals surface area contributed by atoms with Gasteiger partial charge >= 0.3 is 0 Å². The molecule has 0 amide bonds. The van der Waals surface area contributed by atoms with E-state index in [1.54, 1.807) is 0 Å². The van der Waals surface area contributed by atoms with E-state index >= 15 is 0 Å². The molecule has 0 radical (unpaired) electrons. The van der Waals surface area contributed by atoms with E-state index in [0.717, 1.165) is 19.0 Å². The van der Waals surface area contributed by atoms with Crippen LogP contribution in [0.5, 0.6) is 0 Å². The van der Waals surface area contributed by atoms with Crippen molar-refractivity contribution >= 4 is 5.95 Å². The van der Waals surface area contributed by atoms with Crippen molar-refractivity contribution in [2.75, 3.05) is 25.0 Å². The van der Waals surface area contributed by atoms with Crippen LogP contribution in [0.3, 0.4) is 0 Å². The number of aromatic nitrogens is 2. The number of rotatable bonds is 4. The fraction of sp³-hybridized carbons (Fsp3) is 0.667. The van der Waals surface area contributed by atoms with Crippen molar-refractivity contribution in [3.8, 4) is 0 Å². The van der Waals surface area contributed by atoms with E-state index in [4.69, 9.17) is 0 Å². The smallest absolute Gasteiger partial charge is 0.225 e. The average Bonchev–Trinajstić information content (AvgIpc) is 2.38. The van der Waals surface area contributed by atoms with Gasteiger partial charge in [-0.25, -0.2) is 9.97 Å². The second-order valence-corrected chi connectivity index (χ2v) is 4.28. The minimum absolute atomic E-state index is 0.601. The van der Waals surface area contributed by atoms with Crippen molar-refractivity contribution in [3.63, 3.8) is 0 Å². The fourth-order valence-electron chi connectivity index (χ4n) is 2.31. The van der Waals surface area contributed by atoms with E-state index in [9.17, 15) is 0 Å². The van der Waals surface area contributed by atoms with Gasteiger partial charge in [0, 0.05) is 25.0 Å². The molecular formula is C12H20N4. The van der Waals surface area contributed by atoms with Gasteiger partial charge < -0.3 is 10.2 Å². The Kier molecular flexibility index (Phi) is 4.10. The Balaban J connectivity index is 2.04. The third-order valence-electron chi connectivity index (χ3n) is 3.16. The molecule has 0 aliphatic carbocycles. The molecule has 1 fully saturated rings. The van der Waals surface area contributed by atoms with Crippen LogP contribution in [-0.4, -0.2) is 36.1 Å². The van der Waals surface area contributed by atoms with Gasteiger partial charge in [0.1, 0.15) is 0 Å². The summed E-state index contributed by atoms with van der Waals surface area (Å²) in [6, 6.07) is 2.47. The van der Waals surface area contributed by atoms with Crippen molar-refractivity contribution in [2.24, 2.45) is 0 Å². The van der Waals surface area contributed by atoms with Crippen LogP contribution in [0.15, 0.2) is 18.5 Å². The van der Waals surface area contributed by atoms with Crippen molar-refractivity contribution < 1.29 is 0 Å². The average molecular weight is 220 g/mol. The minimum Gasteiger partial charge on any atom is -0.338 e. The predicted molar refractivity (Wildman–Crippen MR) is 65.6 cm³/mol. The van der Waals surface area contributed by atoms with E-state index < -0.39 is 0 Å². The van der Waals surface area contributed by atoms with Gasteiger partial charge in [-0.1, -0.05) is 0 Å². The number of hydrogen-bond donors (Lipinski definition) is 1. The summed E-state index contributed by atoms with van der Waals surface area (Å²) in [4.78, 5) is 11.1. The lowest BCUT2D eigenvalue weighted by molar-refractivity contribution is 0.427. The normalized spacial score (nSPS) is 21.1. The van der Waals surface area contributed by atoms with Crippen LogP contribution in [0.25, 0.3) is 0 Å². The largest absolute Gasteiger partial charge is 0.338 e. The molecule has 1 N–H and O–H groups in total. The van der Waals surface area contributed by atoms with Gasteiger partial charge in [0.15, 0.2) is 0 Å². The zero-order chi connectivity index (χ0) is 11.2. The Morgan fingerprint density at radius 2 is 2.19 bits per heavy atom. The van der Waals surface area contributed by atoms with Crippen molar-refractivity contribution in [1.29, 1.82) is 0 Å². The van der Waals surface area contributed by atoms with Crippen LogP contribution >= 0.6 is 0 Å². The molecule has 0 spiro atoms. The first-order chi connectivity index (χ1) is 7.92. The summed E-state index contributed by atoms with van der Waals surface area (Å²) in [5.74, 6) is 0.892. The van der Waals surface area contributed by atoms with Crippen LogP contribution in [0, 0.1) is 0 Å². The Morgan fingerprint density at radius 1 is 1.38 bits per heavy atom. The molecule has 16 heavy (non-hydrogen) atoms. The molecule has 4 nitrogen and oxygen atoms in total. The van der Waals surface area contributed by atoms with E-state index in [0.29, 0.717) is 6.04 Å². The summed E-state index contributed by atoms with van der Waals surface area (Å²) in [5, 5.41) is 3.22. The summed E-state index contributed by atoms with van der Waals surface area (Å²) in [5.41, 5.74) is 0. The Labute approximate surface area is 97.1 Å². The molecule has 4 heteroatoms. The number of piperidine rings is 1. The summed E-state index contributed by atoms with van der Waals surface area (Å²) in [7, 11) is 2.01. The molecule has 1 unspecified atom stereocenters. The first-order valence-electron chi connectivity index (χ1n) is 6.10. The predicted octanol–water partition coefficient (Wildman–Crippen LogP) is 1.44. The van der Waals surface area contributed by atoms with Crippen molar-refractivity contribution in [1.82, 2.24) is 15.3 Å². The summed E-state index contributed by atoms with van der Waals surface area (Å²) in [6.07, 6.45) is 8.68. The van der Waals surface area contributed by atoms with E-state index in [1.165, 1.54) is 25.7 Å². The Hall–Kier alpha value is -1.16. The summed E-state index contributed by atoms with van der Waals surface area (Å²) in [6.45, 7) is 2.16. The molecule has 1 aromatic rings. The molecule has 1 atom stereocenters. The topological polar surface area (TPSA) is 41.0 Å². The molecule has 2 heterocycles. The number of anilines is 1. The van der Waals surface area contributed by atoms with Gasteiger partial charge in [0.25, 0.3) is 0 Å². The summed E-state index contributed by atoms with van der Waals surface area (Å²) >= 11 is 0. The maximum absolute atomic E-state index is 4.36. The molecule has 0 bridgehead atoms. The highest BCUT2D eigenvalue weighted by Gasteiger charge is 2.23. The van der Waals surface area contributed by atoms with Crippen LogP contribution in [0.4, 0.5) is 5.95 Å². The fourth-order valence-corrected chi connectivity index (χ4v) is 2.31. The summed E-state index contributed by atoms with van der Waals surface area (Å²) < 4.78 is 0. The molecule has 1 aromatic heterocycles. The van der Waals surface area contributed by atoms with Crippen LogP contribution in [-0.2, 0) is 0 Å². The third kappa shape index (κ3) is 2.70. The van der Waals surface area contributed by atoms with Gasteiger partial charge in [-0.3, -0.25) is 0 Å². The van der Waals surface area contributed by atoms with Crippen LogP contribution in [0.2, 0.25) is 0 Å². The lowest BCUT2D eigenvalue weighted by Crippen LogP contribution is -2.42. The van der Waals surface area contributed by atoms with E-state index in [1.807, 2.05) is 25.5 Å². The maximum atomic E-state index is 4.36. The van der Waals surface area contributed by atoms with Crippen molar-refractivity contribution in [3.05, 3.63) is 18.5 Å². The first kappa shape index (κ1) is 11.3. The van der Waals surface area contributed by atoms with Crippen LogP contribution in [0.1, 0.15) is 25.7 Å². The van der Waals surface area contributed by atoms with Crippen LogP contribution < -0.4 is 10.2 Å². The molecule has 1 aliphatic rings. The highest BCUT2D eigenvalue weighted by Crippen LogP contribution is 2.22. The molecule has 0 aromatic carbocycles. The van der Waals surface area contributed by atoms with E-state index in [-0.39, 0.29) is 0 Å². The monoisotopic (exact) mass is 220 g/mol. The third-order valence-corrected chi connectivity index (χ3v) is 3.16. The van der Waals surface area contributed by atoms with Gasteiger partial charge in [0.05, 0.1) is 0 Å². The molecule has 1 aliphatic heterocycles. The zero-order valence-electron chi connectivity index (χ0n) is 9.89. The Morgan fingerprint density at radius 3 is 2.94 bits per heavy atom. The van der Waals surface area contributed by atoms with Crippen molar-refractivity contribution in [2.45, 2.75) is 31.7 Å². The quantitative estimate of drug-likeness (QED) is 0.833. The van der Waals surface area contributed by atoms with Gasteiger partial charge in [-0.15, -0.1) is 0 Å². The maximum Gasteiger partial charge on any atom is 0.225 e. The Bertz CT molecular complexity index is 301. The highest BCUT2D eigenvalue weighted by molar-refractivity contribution is 5.31. The SMILES string of the molecule is CNCCC1CCCCN1c1ncccn1. The number of nitrogens with zero attached hydrogens (tertiary/aromatic N) is 3. The first-order valence-corrected chi connectivity index (χ1v) is 6.10. The lowest BCUT2D eigenvalue weighted by atomic mass is 10.00. The van der Waals surface area contributed by atoms with E-state index in [2.05, 4.69) is 20.2 Å². The second kappa shape index (κ2) is 5.80. The highest BCUT2D eigenvalue weighted by atomic mass is 15.3. The number of nitrogens with one attached hydrogen (secondary N) is 1. The van der Waals surface area contributed by atoms with Gasteiger partial charge in [0.2, 0.25) is 5.95 Å². The molecule has 1 saturated heterocycles. The number of hydrogen-bond acceptors (Lipinski definition) is 4. The molecular weight excluding hydrogens is 200 g/mol. The molecule has 2 rings (SSSR count). The molecule has 0 saturated carbocycles. The second-order valence-electron chi connectivity index (χ2n) is 4.28.